The first kappa shape index (κ1) is 5.14. The number of hydrogen-bond donors (Lipinski definition) is 1. The Morgan fingerprint density at radius 1 is 1.80 bits per heavy atom. The minimum Gasteiger partial charge on any atom is -0.417 e. The quantitative estimate of drug-likeness (QED) is 0.441. The minimum atomic E-state index is 0.573. The fourth-order valence-corrected chi connectivity index (χ4v) is 0.177. The molecule has 0 aliphatic heterocycles. The van der Waals surface area contributed by atoms with Crippen molar-refractivity contribution < 1.29 is 4.43 Å². The molecule has 2 nitrogen and oxygen atoms in total. The van der Waals surface area contributed by atoms with Gasteiger partial charge >= 0.3 is 0 Å². The summed E-state index contributed by atoms with van der Waals surface area (Å²) in [5, 5.41) is 0. The molecule has 0 bridgehead atoms. The van der Waals surface area contributed by atoms with Crippen LogP contribution in [0.15, 0.2) is 0 Å². The van der Waals surface area contributed by atoms with Crippen molar-refractivity contribution in [1.82, 2.24) is 0 Å². The summed E-state index contributed by atoms with van der Waals surface area (Å²) in [4.78, 5) is 0. The van der Waals surface area contributed by atoms with Crippen LogP contribution in [0, 0.1) is 0 Å². The zero-order valence-corrected chi connectivity index (χ0v) is 3.90. The second kappa shape index (κ2) is 4.14. The first-order valence-electron chi connectivity index (χ1n) is 1.40. The Hall–Kier alpha value is 0.137. The zero-order chi connectivity index (χ0) is 4.12. The topological polar surface area (TPSA) is 35.2 Å². The highest BCUT2D eigenvalue weighted by Crippen LogP contribution is 1.51. The van der Waals surface area contributed by atoms with Gasteiger partial charge in [-0.1, -0.05) is 0 Å². The van der Waals surface area contributed by atoms with E-state index in [9.17, 15) is 0 Å². The fraction of sp³-hybridized carbons (Fsp3) is 1.00. The molecule has 29 valence electrons. The smallest absolute Gasteiger partial charge is 0.246 e. The van der Waals surface area contributed by atoms with E-state index in [0.717, 1.165) is 0 Å². The van der Waals surface area contributed by atoms with Gasteiger partial charge in [-0.15, -0.1) is 0 Å². The molecule has 2 N–H and O–H groups in total. The van der Waals surface area contributed by atoms with Crippen LogP contribution < -0.4 is 5.73 Å². The molecule has 5 heavy (non-hydrogen) atoms. The van der Waals surface area contributed by atoms with Gasteiger partial charge in [0.2, 0.25) is 10.5 Å². The van der Waals surface area contributed by atoms with E-state index >= 15 is 0 Å². The summed E-state index contributed by atoms with van der Waals surface area (Å²) in [6, 6.07) is 0. The zero-order valence-electron chi connectivity index (χ0n) is 2.90. The van der Waals surface area contributed by atoms with Crippen molar-refractivity contribution in [2.24, 2.45) is 5.73 Å². The molecule has 0 aromatic carbocycles. The maximum absolute atomic E-state index is 4.98. The Balaban J connectivity index is 2.19. The third-order valence-corrected chi connectivity index (χ3v) is 0.424. The van der Waals surface area contributed by atoms with Crippen molar-refractivity contribution >= 4 is 10.5 Å². The highest BCUT2D eigenvalue weighted by molar-refractivity contribution is 5.97. The lowest BCUT2D eigenvalue weighted by Crippen LogP contribution is -2.05. The molecule has 0 heterocycles. The number of rotatable bonds is 2. The van der Waals surface area contributed by atoms with Crippen LogP contribution in [0.3, 0.4) is 0 Å². The molecular formula is C2H6NOSi. The molecule has 0 unspecified atom stereocenters. The summed E-state index contributed by atoms with van der Waals surface area (Å²) in [7, 11) is 2.77. The van der Waals surface area contributed by atoms with Crippen LogP contribution in [0.4, 0.5) is 0 Å². The van der Waals surface area contributed by atoms with Gasteiger partial charge in [0.05, 0.1) is 0 Å². The van der Waals surface area contributed by atoms with Crippen molar-refractivity contribution in [2.45, 2.75) is 0 Å². The van der Waals surface area contributed by atoms with Crippen LogP contribution in [-0.2, 0) is 4.43 Å². The second-order valence-corrected chi connectivity index (χ2v) is 0.926. The van der Waals surface area contributed by atoms with Crippen molar-refractivity contribution in [2.75, 3.05) is 13.2 Å². The van der Waals surface area contributed by atoms with Gasteiger partial charge in [0.1, 0.15) is 0 Å². The summed E-state index contributed by atoms with van der Waals surface area (Å²) in [6.07, 6.45) is 0. The molecule has 0 aliphatic rings. The van der Waals surface area contributed by atoms with E-state index < -0.39 is 0 Å². The van der Waals surface area contributed by atoms with Crippen molar-refractivity contribution in [3.05, 3.63) is 0 Å². The Kier molecular flexibility index (Phi) is 4.25. The summed E-state index contributed by atoms with van der Waals surface area (Å²) in [5.41, 5.74) is 4.98. The molecule has 0 atom stereocenters. The maximum atomic E-state index is 4.98. The molecule has 0 amide bonds. The van der Waals surface area contributed by atoms with Crippen LogP contribution >= 0.6 is 0 Å². The minimum absolute atomic E-state index is 0.573. The van der Waals surface area contributed by atoms with E-state index in [1.807, 2.05) is 0 Å². The Bertz CT molecular complexity index is 17.1. The largest absolute Gasteiger partial charge is 0.417 e. The Morgan fingerprint density at radius 3 is 2.40 bits per heavy atom. The molecule has 0 rings (SSSR count). The first-order chi connectivity index (χ1) is 2.41. The summed E-state index contributed by atoms with van der Waals surface area (Å²) in [5.74, 6) is 0. The van der Waals surface area contributed by atoms with Gasteiger partial charge in [0.15, 0.2) is 0 Å². The second-order valence-electron chi connectivity index (χ2n) is 0.637. The van der Waals surface area contributed by atoms with E-state index in [1.54, 1.807) is 0 Å². The summed E-state index contributed by atoms with van der Waals surface area (Å²) < 4.78 is 4.37. The predicted molar refractivity (Wildman–Crippen MR) is 20.8 cm³/mol. The van der Waals surface area contributed by atoms with E-state index in [-0.39, 0.29) is 0 Å². The fourth-order valence-electron chi connectivity index (χ4n) is 0.0589. The molecule has 0 fully saturated rings. The summed E-state index contributed by atoms with van der Waals surface area (Å²) >= 11 is 0. The van der Waals surface area contributed by atoms with Gasteiger partial charge in [0, 0.05) is 13.2 Å². The predicted octanol–water partition coefficient (Wildman–Crippen LogP) is -0.955. The molecule has 3 heteroatoms. The van der Waals surface area contributed by atoms with Crippen LogP contribution in [-0.4, -0.2) is 23.6 Å². The Morgan fingerprint density at radius 2 is 2.40 bits per heavy atom. The molecule has 0 aromatic rings. The molecule has 0 spiro atoms. The standard InChI is InChI=1S/C2H6NOSi/c3-1-2-4-5/h1-3H2. The normalized spacial score (nSPS) is 8.40. The van der Waals surface area contributed by atoms with Gasteiger partial charge in [0.25, 0.3) is 0 Å². The van der Waals surface area contributed by atoms with E-state index in [0.29, 0.717) is 13.2 Å². The maximum Gasteiger partial charge on any atom is 0.246 e. The number of nitrogens with two attached hydrogens (primary N) is 1. The van der Waals surface area contributed by atoms with Crippen LogP contribution in [0.1, 0.15) is 0 Å². The van der Waals surface area contributed by atoms with E-state index in [1.165, 1.54) is 0 Å². The van der Waals surface area contributed by atoms with Crippen molar-refractivity contribution in [1.29, 1.82) is 0 Å². The van der Waals surface area contributed by atoms with E-state index in [4.69, 9.17) is 5.73 Å². The molecule has 0 saturated heterocycles. The van der Waals surface area contributed by atoms with Gasteiger partial charge in [-0.25, -0.2) is 0 Å². The van der Waals surface area contributed by atoms with Gasteiger partial charge in [-0.05, 0) is 0 Å². The molecule has 0 aromatic heterocycles. The van der Waals surface area contributed by atoms with Crippen LogP contribution in [0.25, 0.3) is 0 Å². The van der Waals surface area contributed by atoms with Gasteiger partial charge in [-0.3, -0.25) is 0 Å². The van der Waals surface area contributed by atoms with E-state index in [2.05, 4.69) is 14.9 Å². The first-order valence-corrected chi connectivity index (χ1v) is 1.81. The van der Waals surface area contributed by atoms with Crippen molar-refractivity contribution in [3.63, 3.8) is 0 Å². The average molecular weight is 88.2 g/mol. The lowest BCUT2D eigenvalue weighted by molar-refractivity contribution is 0.361. The Labute approximate surface area is 34.9 Å². The average Bonchev–Trinajstić information content (AvgIpc) is 1.41. The van der Waals surface area contributed by atoms with Gasteiger partial charge < -0.3 is 10.2 Å². The van der Waals surface area contributed by atoms with Crippen LogP contribution in [0.2, 0.25) is 0 Å². The molecule has 0 aliphatic carbocycles. The highest BCUT2D eigenvalue weighted by atomic mass is 28.2. The molecular weight excluding hydrogens is 82.1 g/mol. The SMILES string of the molecule is NCCO[Si]. The lowest BCUT2D eigenvalue weighted by Gasteiger charge is -1.84. The molecule has 0 saturated carbocycles. The van der Waals surface area contributed by atoms with Crippen LogP contribution in [0.5, 0.6) is 0 Å². The van der Waals surface area contributed by atoms with Gasteiger partial charge in [-0.2, -0.15) is 0 Å². The highest BCUT2D eigenvalue weighted by Gasteiger charge is 1.66. The monoisotopic (exact) mass is 88.0 g/mol. The third-order valence-electron chi connectivity index (χ3n) is 0.220. The summed E-state index contributed by atoms with van der Waals surface area (Å²) in [6.45, 7) is 1.15. The van der Waals surface area contributed by atoms with Crippen molar-refractivity contribution in [3.8, 4) is 0 Å². The lowest BCUT2D eigenvalue weighted by atomic mass is 10.8. The number of hydrogen-bond acceptors (Lipinski definition) is 2. The molecule has 3 radical (unpaired) electrons. The third kappa shape index (κ3) is 4.14.